The van der Waals surface area contributed by atoms with Crippen LogP contribution in [0.25, 0.3) is 16.5 Å². The number of β-amino-alcohol motifs (C(OH)–C–C–N with tert-alkyl or cyclic N) is 1. The van der Waals surface area contributed by atoms with E-state index in [1.807, 2.05) is 6.92 Å². The van der Waals surface area contributed by atoms with Crippen LogP contribution in [-0.4, -0.2) is 39.7 Å². The largest absolute Gasteiger partial charge is 0.385 e. The number of hydrogen-bond donors (Lipinski definition) is 2. The molecule has 1 aromatic carbocycles. The first-order valence-electron chi connectivity index (χ1n) is 8.39. The first kappa shape index (κ1) is 12.9. The van der Waals surface area contributed by atoms with Crippen LogP contribution >= 0.6 is 0 Å². The van der Waals surface area contributed by atoms with Crippen molar-refractivity contribution >= 4 is 16.5 Å². The highest BCUT2D eigenvalue weighted by atomic mass is 16.3. The highest BCUT2D eigenvalue weighted by molar-refractivity contribution is 5.98. The van der Waals surface area contributed by atoms with Gasteiger partial charge in [-0.05, 0) is 60.9 Å². The van der Waals surface area contributed by atoms with Crippen molar-refractivity contribution in [1.29, 1.82) is 0 Å². The molecule has 0 spiro atoms. The molecule has 2 heterocycles. The van der Waals surface area contributed by atoms with Gasteiger partial charge in [0.25, 0.3) is 0 Å². The van der Waals surface area contributed by atoms with E-state index in [2.05, 4.69) is 40.4 Å². The normalized spacial score (nSPS) is 31.2. The van der Waals surface area contributed by atoms with Crippen LogP contribution in [0.5, 0.6) is 0 Å². The quantitative estimate of drug-likeness (QED) is 0.894. The number of aliphatic hydroxyl groups is 1. The van der Waals surface area contributed by atoms with Gasteiger partial charge in [-0.3, -0.25) is 4.90 Å². The Kier molecular flexibility index (Phi) is 2.49. The molecule has 1 aromatic heterocycles. The van der Waals surface area contributed by atoms with Gasteiger partial charge in [0.15, 0.2) is 0 Å². The average Bonchev–Trinajstić information content (AvgIpc) is 3.19. The number of aromatic amines is 1. The number of benzene rings is 1. The van der Waals surface area contributed by atoms with Gasteiger partial charge in [0.2, 0.25) is 0 Å². The molecule has 0 unspecified atom stereocenters. The monoisotopic (exact) mass is 294 g/mol. The van der Waals surface area contributed by atoms with Crippen LogP contribution in [0.15, 0.2) is 30.5 Å². The number of aromatic nitrogens is 1. The molecule has 0 radical (unpaired) electrons. The second kappa shape index (κ2) is 4.24. The first-order chi connectivity index (χ1) is 10.6. The van der Waals surface area contributed by atoms with E-state index >= 15 is 0 Å². The van der Waals surface area contributed by atoms with Crippen LogP contribution in [0.3, 0.4) is 0 Å². The molecule has 2 N–H and O–H groups in total. The molecule has 0 amide bonds. The van der Waals surface area contributed by atoms with Gasteiger partial charge in [-0.15, -0.1) is 0 Å². The van der Waals surface area contributed by atoms with Crippen molar-refractivity contribution in [2.75, 3.05) is 13.1 Å². The molecule has 0 bridgehead atoms. The van der Waals surface area contributed by atoms with Gasteiger partial charge >= 0.3 is 0 Å². The summed E-state index contributed by atoms with van der Waals surface area (Å²) in [6.07, 6.45) is 8.06. The van der Waals surface area contributed by atoms with Crippen LogP contribution in [-0.2, 0) is 6.42 Å². The predicted molar refractivity (Wildman–Crippen MR) is 88.7 cm³/mol. The van der Waals surface area contributed by atoms with Crippen molar-refractivity contribution in [3.05, 3.63) is 41.6 Å². The summed E-state index contributed by atoms with van der Waals surface area (Å²) in [7, 11) is 0. The lowest BCUT2D eigenvalue weighted by Crippen LogP contribution is -2.51. The van der Waals surface area contributed by atoms with E-state index in [0.29, 0.717) is 6.04 Å². The fourth-order valence-corrected chi connectivity index (χ4v) is 4.38. The summed E-state index contributed by atoms with van der Waals surface area (Å²) in [4.78, 5) is 5.94. The molecule has 1 fully saturated rings. The van der Waals surface area contributed by atoms with Crippen molar-refractivity contribution in [3.8, 4) is 0 Å². The van der Waals surface area contributed by atoms with E-state index < -0.39 is 5.60 Å². The third-order valence-corrected chi connectivity index (χ3v) is 5.49. The maximum Gasteiger partial charge on any atom is 0.0932 e. The molecule has 5 rings (SSSR count). The minimum Gasteiger partial charge on any atom is -0.385 e. The molecule has 1 saturated carbocycles. The molecule has 3 aliphatic rings. The second-order valence-electron chi connectivity index (χ2n) is 7.59. The van der Waals surface area contributed by atoms with Gasteiger partial charge in [0.1, 0.15) is 0 Å². The number of rotatable bonds is 2. The van der Waals surface area contributed by atoms with E-state index in [9.17, 15) is 5.11 Å². The first-order valence-corrected chi connectivity index (χ1v) is 8.39. The Bertz CT molecular complexity index is 782. The average molecular weight is 294 g/mol. The summed E-state index contributed by atoms with van der Waals surface area (Å²) >= 11 is 0. The Labute approximate surface area is 130 Å². The molecule has 2 aromatic rings. The lowest BCUT2D eigenvalue weighted by atomic mass is 9.79. The van der Waals surface area contributed by atoms with Crippen LogP contribution in [0.2, 0.25) is 0 Å². The van der Waals surface area contributed by atoms with Crippen molar-refractivity contribution in [1.82, 2.24) is 9.88 Å². The Morgan fingerprint density at radius 3 is 3.05 bits per heavy atom. The molecule has 3 heteroatoms. The summed E-state index contributed by atoms with van der Waals surface area (Å²) in [6, 6.07) is 6.91. The topological polar surface area (TPSA) is 39.3 Å². The van der Waals surface area contributed by atoms with Gasteiger partial charge in [-0.1, -0.05) is 12.1 Å². The Morgan fingerprint density at radius 1 is 1.36 bits per heavy atom. The Morgan fingerprint density at radius 2 is 2.23 bits per heavy atom. The van der Waals surface area contributed by atoms with E-state index in [1.165, 1.54) is 40.4 Å². The standard InChI is InChI=1S/C19H22N2O/c1-19(22)8-15-14-3-2-4-16-18(14)13(9-20-16)7-17(15)21(11-19)10-12-5-6-12/h2-4,8-9,12,17,20,22H,5-7,10-11H2,1H3/t17-,19+/m1/s1. The summed E-state index contributed by atoms with van der Waals surface area (Å²) in [5, 5.41) is 12.1. The molecule has 0 saturated heterocycles. The van der Waals surface area contributed by atoms with Crippen LogP contribution in [0.4, 0.5) is 0 Å². The van der Waals surface area contributed by atoms with E-state index in [-0.39, 0.29) is 0 Å². The minimum atomic E-state index is -0.725. The third-order valence-electron chi connectivity index (χ3n) is 5.49. The molecule has 2 atom stereocenters. The molecular weight excluding hydrogens is 272 g/mol. The number of fused-ring (bicyclic) bond motifs is 2. The number of nitrogens with one attached hydrogen (secondary N) is 1. The smallest absolute Gasteiger partial charge is 0.0932 e. The Balaban J connectivity index is 1.67. The maximum atomic E-state index is 10.7. The fourth-order valence-electron chi connectivity index (χ4n) is 4.38. The second-order valence-corrected chi connectivity index (χ2v) is 7.59. The van der Waals surface area contributed by atoms with Crippen molar-refractivity contribution < 1.29 is 5.11 Å². The molecule has 22 heavy (non-hydrogen) atoms. The van der Waals surface area contributed by atoms with Gasteiger partial charge in [-0.2, -0.15) is 0 Å². The van der Waals surface area contributed by atoms with E-state index in [1.54, 1.807) is 0 Å². The summed E-state index contributed by atoms with van der Waals surface area (Å²) in [6.45, 7) is 3.84. The maximum absolute atomic E-state index is 10.7. The van der Waals surface area contributed by atoms with E-state index in [0.717, 1.165) is 25.4 Å². The zero-order valence-corrected chi connectivity index (χ0v) is 13.0. The molecule has 3 nitrogen and oxygen atoms in total. The zero-order chi connectivity index (χ0) is 14.9. The van der Waals surface area contributed by atoms with Crippen molar-refractivity contribution in [2.24, 2.45) is 5.92 Å². The zero-order valence-electron chi connectivity index (χ0n) is 13.0. The van der Waals surface area contributed by atoms with Crippen molar-refractivity contribution in [3.63, 3.8) is 0 Å². The van der Waals surface area contributed by atoms with Crippen LogP contribution in [0, 0.1) is 5.92 Å². The van der Waals surface area contributed by atoms with Gasteiger partial charge in [0.05, 0.1) is 5.60 Å². The van der Waals surface area contributed by atoms with Gasteiger partial charge in [-0.25, -0.2) is 0 Å². The predicted octanol–water partition coefficient (Wildman–Crippen LogP) is 2.95. The number of H-pyrrole nitrogens is 1. The fraction of sp³-hybridized carbons (Fsp3) is 0.474. The summed E-state index contributed by atoms with van der Waals surface area (Å²) < 4.78 is 0. The molecular formula is C19H22N2O. The highest BCUT2D eigenvalue weighted by Crippen LogP contribution is 2.43. The van der Waals surface area contributed by atoms with Gasteiger partial charge < -0.3 is 10.1 Å². The summed E-state index contributed by atoms with van der Waals surface area (Å²) in [5.41, 5.74) is 4.55. The lowest BCUT2D eigenvalue weighted by molar-refractivity contribution is 0.0403. The molecule has 114 valence electrons. The Hall–Kier alpha value is -1.58. The lowest BCUT2D eigenvalue weighted by Gasteiger charge is -2.44. The number of hydrogen-bond acceptors (Lipinski definition) is 2. The molecule has 1 aliphatic heterocycles. The van der Waals surface area contributed by atoms with E-state index in [4.69, 9.17) is 0 Å². The highest BCUT2D eigenvalue weighted by Gasteiger charge is 2.40. The summed E-state index contributed by atoms with van der Waals surface area (Å²) in [5.74, 6) is 0.846. The van der Waals surface area contributed by atoms with Crippen LogP contribution in [0.1, 0.15) is 30.9 Å². The third kappa shape index (κ3) is 1.89. The molecule has 2 aliphatic carbocycles. The number of nitrogens with zero attached hydrogens (tertiary/aromatic N) is 1. The van der Waals surface area contributed by atoms with Gasteiger partial charge in [0, 0.05) is 36.2 Å². The van der Waals surface area contributed by atoms with Crippen LogP contribution < -0.4 is 0 Å². The minimum absolute atomic E-state index is 0.426. The van der Waals surface area contributed by atoms with Crippen molar-refractivity contribution in [2.45, 2.75) is 37.8 Å². The SMILES string of the molecule is C[C@]1(O)C=C2c3cccc4[nH]cc(c34)C[C@H]2N(CC2CC2)C1.